The highest BCUT2D eigenvalue weighted by atomic mass is 16.5. The summed E-state index contributed by atoms with van der Waals surface area (Å²) >= 11 is 0. The second-order valence-corrected chi connectivity index (χ2v) is 4.50. The molecule has 5 heteroatoms. The Bertz CT molecular complexity index is 564. The van der Waals surface area contributed by atoms with E-state index < -0.39 is 0 Å². The van der Waals surface area contributed by atoms with Gasteiger partial charge in [0.1, 0.15) is 5.75 Å². The molecule has 0 amide bonds. The minimum Gasteiger partial charge on any atom is -0.493 e. The molecule has 5 nitrogen and oxygen atoms in total. The maximum Gasteiger partial charge on any atom is 0.169 e. The Labute approximate surface area is 106 Å². The number of rotatable bonds is 3. The van der Waals surface area contributed by atoms with Crippen molar-refractivity contribution < 1.29 is 4.74 Å². The van der Waals surface area contributed by atoms with Gasteiger partial charge >= 0.3 is 0 Å². The normalized spacial score (nSPS) is 17.5. The van der Waals surface area contributed by atoms with Crippen molar-refractivity contribution in [1.29, 1.82) is 0 Å². The van der Waals surface area contributed by atoms with E-state index in [0.29, 0.717) is 18.3 Å². The Morgan fingerprint density at radius 3 is 3.11 bits per heavy atom. The molecular formula is C13H16N4O. The van der Waals surface area contributed by atoms with Gasteiger partial charge in [-0.2, -0.15) is 0 Å². The van der Waals surface area contributed by atoms with E-state index in [2.05, 4.69) is 23.3 Å². The summed E-state index contributed by atoms with van der Waals surface area (Å²) in [6.45, 7) is 3.53. The summed E-state index contributed by atoms with van der Waals surface area (Å²) in [6.07, 6.45) is 0.841. The first-order valence-corrected chi connectivity index (χ1v) is 6.19. The Balaban J connectivity index is 1.86. The van der Waals surface area contributed by atoms with Crippen molar-refractivity contribution >= 4 is 5.82 Å². The smallest absolute Gasteiger partial charge is 0.169 e. The monoisotopic (exact) mass is 244 g/mol. The summed E-state index contributed by atoms with van der Waals surface area (Å²) < 4.78 is 7.57. The molecule has 0 saturated heterocycles. The zero-order chi connectivity index (χ0) is 12.5. The summed E-state index contributed by atoms with van der Waals surface area (Å²) in [7, 11) is 0. The van der Waals surface area contributed by atoms with Crippen LogP contribution in [-0.2, 0) is 13.0 Å². The lowest BCUT2D eigenvalue weighted by molar-refractivity contribution is 0.312. The first kappa shape index (κ1) is 11.1. The fourth-order valence-corrected chi connectivity index (χ4v) is 2.45. The van der Waals surface area contributed by atoms with Gasteiger partial charge in [-0.15, -0.1) is 5.10 Å². The van der Waals surface area contributed by atoms with E-state index in [4.69, 9.17) is 10.5 Å². The number of aromatic nitrogens is 3. The fourth-order valence-electron chi connectivity index (χ4n) is 2.45. The van der Waals surface area contributed by atoms with Crippen molar-refractivity contribution in [1.82, 2.24) is 15.0 Å². The van der Waals surface area contributed by atoms with E-state index >= 15 is 0 Å². The molecule has 1 aromatic carbocycles. The molecule has 0 aliphatic carbocycles. The molecule has 1 atom stereocenters. The van der Waals surface area contributed by atoms with E-state index in [9.17, 15) is 0 Å². The average Bonchev–Trinajstić information content (AvgIpc) is 2.95. The fraction of sp³-hybridized carbons (Fsp3) is 0.385. The van der Waals surface area contributed by atoms with E-state index in [1.165, 1.54) is 5.56 Å². The molecule has 1 aliphatic rings. The SMILES string of the molecule is CCc1c(N)nnn1CC1COc2ccccc21. The van der Waals surface area contributed by atoms with Gasteiger partial charge in [0.05, 0.1) is 18.8 Å². The Kier molecular flexibility index (Phi) is 2.66. The van der Waals surface area contributed by atoms with Crippen molar-refractivity contribution in [2.24, 2.45) is 0 Å². The number of ether oxygens (including phenoxy) is 1. The quantitative estimate of drug-likeness (QED) is 0.890. The number of nitrogens with two attached hydrogens (primary N) is 1. The molecular weight excluding hydrogens is 228 g/mol. The summed E-state index contributed by atoms with van der Waals surface area (Å²) in [5.41, 5.74) is 8.04. The second kappa shape index (κ2) is 4.33. The number of fused-ring (bicyclic) bond motifs is 1. The van der Waals surface area contributed by atoms with E-state index in [1.54, 1.807) is 0 Å². The average molecular weight is 244 g/mol. The zero-order valence-corrected chi connectivity index (χ0v) is 10.3. The number of para-hydroxylation sites is 1. The maximum absolute atomic E-state index is 5.80. The lowest BCUT2D eigenvalue weighted by Gasteiger charge is -2.10. The standard InChI is InChI=1S/C13H16N4O/c1-2-11-13(14)15-16-17(11)7-9-8-18-12-6-4-3-5-10(9)12/h3-6,9H,2,7-8,14H2,1H3. The first-order valence-electron chi connectivity index (χ1n) is 6.19. The van der Waals surface area contributed by atoms with Crippen LogP contribution in [0, 0.1) is 0 Å². The van der Waals surface area contributed by atoms with Crippen LogP contribution in [0.1, 0.15) is 24.1 Å². The van der Waals surface area contributed by atoms with Crippen LogP contribution in [0.5, 0.6) is 5.75 Å². The zero-order valence-electron chi connectivity index (χ0n) is 10.3. The second-order valence-electron chi connectivity index (χ2n) is 4.50. The molecule has 1 aromatic heterocycles. The topological polar surface area (TPSA) is 66.0 Å². The van der Waals surface area contributed by atoms with Crippen LogP contribution < -0.4 is 10.5 Å². The van der Waals surface area contributed by atoms with Gasteiger partial charge in [0.2, 0.25) is 0 Å². The molecule has 0 bridgehead atoms. The van der Waals surface area contributed by atoms with E-state index in [0.717, 1.165) is 24.4 Å². The Hall–Kier alpha value is -2.04. The molecule has 0 fully saturated rings. The van der Waals surface area contributed by atoms with Gasteiger partial charge < -0.3 is 10.5 Å². The molecule has 3 rings (SSSR count). The number of nitrogens with zero attached hydrogens (tertiary/aromatic N) is 3. The minimum absolute atomic E-state index is 0.326. The molecule has 18 heavy (non-hydrogen) atoms. The predicted molar refractivity (Wildman–Crippen MR) is 68.5 cm³/mol. The number of hydrogen-bond donors (Lipinski definition) is 1. The van der Waals surface area contributed by atoms with Crippen LogP contribution in [0.15, 0.2) is 24.3 Å². The van der Waals surface area contributed by atoms with Crippen LogP contribution >= 0.6 is 0 Å². The van der Waals surface area contributed by atoms with E-state index in [-0.39, 0.29) is 0 Å². The molecule has 0 radical (unpaired) electrons. The summed E-state index contributed by atoms with van der Waals surface area (Å²) in [5.74, 6) is 1.84. The molecule has 1 unspecified atom stereocenters. The lowest BCUT2D eigenvalue weighted by Crippen LogP contribution is -2.14. The Morgan fingerprint density at radius 2 is 2.28 bits per heavy atom. The van der Waals surface area contributed by atoms with Crippen LogP contribution in [0.2, 0.25) is 0 Å². The molecule has 1 aliphatic heterocycles. The van der Waals surface area contributed by atoms with Crippen molar-refractivity contribution in [3.63, 3.8) is 0 Å². The maximum atomic E-state index is 5.80. The molecule has 0 saturated carbocycles. The van der Waals surface area contributed by atoms with Crippen molar-refractivity contribution in [3.05, 3.63) is 35.5 Å². The number of benzene rings is 1. The highest BCUT2D eigenvalue weighted by Crippen LogP contribution is 2.34. The first-order chi connectivity index (χ1) is 8.79. The molecule has 0 spiro atoms. The Morgan fingerprint density at radius 1 is 1.44 bits per heavy atom. The highest BCUT2D eigenvalue weighted by Gasteiger charge is 2.25. The predicted octanol–water partition coefficient (Wildman–Crippen LogP) is 1.60. The van der Waals surface area contributed by atoms with Crippen LogP contribution in [0.4, 0.5) is 5.82 Å². The van der Waals surface area contributed by atoms with Crippen molar-refractivity contribution in [3.8, 4) is 5.75 Å². The van der Waals surface area contributed by atoms with Crippen molar-refractivity contribution in [2.75, 3.05) is 12.3 Å². The minimum atomic E-state index is 0.326. The van der Waals surface area contributed by atoms with Gasteiger partial charge in [-0.05, 0) is 12.5 Å². The van der Waals surface area contributed by atoms with Gasteiger partial charge in [-0.3, -0.25) is 0 Å². The number of hydrogen-bond acceptors (Lipinski definition) is 4. The molecule has 2 heterocycles. The van der Waals surface area contributed by atoms with Crippen molar-refractivity contribution in [2.45, 2.75) is 25.8 Å². The summed E-state index contributed by atoms with van der Waals surface area (Å²) in [5, 5.41) is 8.04. The van der Waals surface area contributed by atoms with Crippen LogP contribution in [-0.4, -0.2) is 21.6 Å². The largest absolute Gasteiger partial charge is 0.493 e. The van der Waals surface area contributed by atoms with Gasteiger partial charge in [0, 0.05) is 11.5 Å². The van der Waals surface area contributed by atoms with Crippen LogP contribution in [0.3, 0.4) is 0 Å². The summed E-state index contributed by atoms with van der Waals surface area (Å²) in [6, 6.07) is 8.15. The molecule has 2 N–H and O–H groups in total. The summed E-state index contributed by atoms with van der Waals surface area (Å²) in [4.78, 5) is 0. The van der Waals surface area contributed by atoms with Gasteiger partial charge in [0.25, 0.3) is 0 Å². The van der Waals surface area contributed by atoms with Gasteiger partial charge in [-0.25, -0.2) is 4.68 Å². The molecule has 94 valence electrons. The third-order valence-corrected chi connectivity index (χ3v) is 3.39. The van der Waals surface area contributed by atoms with E-state index in [1.807, 2.05) is 22.9 Å². The number of anilines is 1. The highest BCUT2D eigenvalue weighted by molar-refractivity contribution is 5.40. The van der Waals surface area contributed by atoms with Gasteiger partial charge in [0.15, 0.2) is 5.82 Å². The lowest BCUT2D eigenvalue weighted by atomic mass is 10.0. The number of nitrogen functional groups attached to an aromatic ring is 1. The van der Waals surface area contributed by atoms with Gasteiger partial charge in [-0.1, -0.05) is 30.3 Å². The van der Waals surface area contributed by atoms with Crippen LogP contribution in [0.25, 0.3) is 0 Å². The molecule has 2 aromatic rings. The third kappa shape index (κ3) is 1.72. The third-order valence-electron chi connectivity index (χ3n) is 3.39.